The number of benzene rings is 3. The number of ether oxygens (including phenoxy) is 1. The zero-order valence-corrected chi connectivity index (χ0v) is 30.2. The number of para-hydroxylation sites is 1. The van der Waals surface area contributed by atoms with Crippen LogP contribution in [-0.4, -0.2) is 47.5 Å². The topological polar surface area (TPSA) is 56.8 Å². The van der Waals surface area contributed by atoms with Gasteiger partial charge in [0.15, 0.2) is 16.6 Å². The van der Waals surface area contributed by atoms with Crippen molar-refractivity contribution in [3.63, 3.8) is 0 Å². The highest BCUT2D eigenvalue weighted by Crippen LogP contribution is 2.44. The maximum atomic E-state index is 12.9. The minimum Gasteiger partial charge on any atom is -0.414 e. The summed E-state index contributed by atoms with van der Waals surface area (Å²) in [6.45, 7) is 23.0. The highest BCUT2D eigenvalue weighted by Gasteiger charge is 2.46. The fraction of sp³-hybridized carbons (Fsp3) is 0.514. The highest BCUT2D eigenvalue weighted by atomic mass is 28.4. The first-order valence-electron chi connectivity index (χ1n) is 15.6. The number of carbonyl (C=O) groups excluding carboxylic acids is 1. The van der Waals surface area contributed by atoms with Crippen molar-refractivity contribution in [2.24, 2.45) is 0 Å². The summed E-state index contributed by atoms with van der Waals surface area (Å²) in [6, 6.07) is 18.4. The average molecular weight is 660 g/mol. The van der Waals surface area contributed by atoms with Gasteiger partial charge in [0.2, 0.25) is 0 Å². The summed E-state index contributed by atoms with van der Waals surface area (Å²) >= 11 is 0. The van der Waals surface area contributed by atoms with E-state index in [-0.39, 0.29) is 34.1 Å². The molecule has 1 aliphatic heterocycles. The first-order valence-corrected chi connectivity index (χ1v) is 21.4. The molecule has 1 aliphatic rings. The Hall–Kier alpha value is -2.51. The molecular weight excluding hydrogens is 612 g/mol. The van der Waals surface area contributed by atoms with E-state index in [1.165, 1.54) is 6.07 Å². The molecule has 0 aromatic heterocycles. The average Bonchev–Trinajstić information content (AvgIpc) is 3.31. The maximum absolute atomic E-state index is 12.9. The molecule has 0 saturated carbocycles. The summed E-state index contributed by atoms with van der Waals surface area (Å²) in [7, 11) is -4.07. The van der Waals surface area contributed by atoms with E-state index >= 15 is 0 Å². The second-order valence-electron chi connectivity index (χ2n) is 15.2. The van der Waals surface area contributed by atoms with Crippen molar-refractivity contribution in [2.45, 2.75) is 109 Å². The minimum atomic E-state index is -4.97. The molecule has 1 N–H and O–H groups in total. The Morgan fingerprint density at radius 3 is 2.09 bits per heavy atom. The van der Waals surface area contributed by atoms with E-state index < -0.39 is 28.7 Å². The molecule has 3 aromatic carbocycles. The van der Waals surface area contributed by atoms with Crippen LogP contribution in [0.3, 0.4) is 0 Å². The van der Waals surface area contributed by atoms with Crippen molar-refractivity contribution in [1.29, 1.82) is 0 Å². The van der Waals surface area contributed by atoms with E-state index in [9.17, 15) is 18.0 Å². The predicted molar refractivity (Wildman–Crippen MR) is 182 cm³/mol. The van der Waals surface area contributed by atoms with Crippen molar-refractivity contribution >= 4 is 39.0 Å². The van der Waals surface area contributed by atoms with Gasteiger partial charge in [0.05, 0.1) is 18.8 Å². The largest absolute Gasteiger partial charge is 0.471 e. The van der Waals surface area contributed by atoms with Crippen molar-refractivity contribution in [2.75, 3.05) is 11.9 Å². The third-order valence-corrected chi connectivity index (χ3v) is 18.9. The Labute approximate surface area is 268 Å². The number of rotatable bonds is 8. The Kier molecular flexibility index (Phi) is 9.90. The number of nitrogens with one attached hydrogen (secondary N) is 1. The summed E-state index contributed by atoms with van der Waals surface area (Å²) < 4.78 is 59.1. The van der Waals surface area contributed by atoms with Crippen molar-refractivity contribution in [3.8, 4) is 11.1 Å². The molecule has 4 rings (SSSR count). The van der Waals surface area contributed by atoms with Crippen molar-refractivity contribution < 1.29 is 31.6 Å². The van der Waals surface area contributed by atoms with E-state index in [0.717, 1.165) is 22.8 Å². The van der Waals surface area contributed by atoms with Gasteiger partial charge in [-0.05, 0) is 76.4 Å². The predicted octanol–water partition coefficient (Wildman–Crippen LogP) is 10.2. The van der Waals surface area contributed by atoms with Gasteiger partial charge >= 0.3 is 12.1 Å². The maximum Gasteiger partial charge on any atom is 0.471 e. The smallest absolute Gasteiger partial charge is 0.414 e. The standard InChI is InChI=1S/C35H48F3NO4Si2/c1-33(2,3)44(7,8)41-22-31-30(43-45(9,10)34(4,5)6)21-29(42-31)26-18-16-23-19-25(17-15-24(23)20-26)27-13-11-12-14-28(27)39-32(40)35(36,37)38/h11-20,29-31H,21-22H2,1-10H3,(H,39,40)/t29?,30-,31+/m0/s1. The van der Waals surface area contributed by atoms with E-state index in [1.54, 1.807) is 18.2 Å². The SMILES string of the molecule is CC(C)(C)[Si](C)(C)OC[C@H]1OC(c2ccc3cc(-c4ccccc4NC(=O)C(F)(F)F)ccc3c2)C[C@@H]1O[Si](C)(C)C(C)(C)C. The first kappa shape index (κ1) is 35.3. The normalized spacial score (nSPS) is 20.1. The third kappa shape index (κ3) is 8.08. The third-order valence-electron chi connectivity index (χ3n) is 9.85. The van der Waals surface area contributed by atoms with Gasteiger partial charge in [-0.1, -0.05) is 84.0 Å². The van der Waals surface area contributed by atoms with E-state index in [0.29, 0.717) is 17.7 Å². The second kappa shape index (κ2) is 12.6. The fourth-order valence-corrected chi connectivity index (χ4v) is 7.31. The molecule has 1 unspecified atom stereocenters. The molecule has 246 valence electrons. The van der Waals surface area contributed by atoms with E-state index in [1.807, 2.05) is 29.6 Å². The zero-order chi connectivity index (χ0) is 33.6. The molecule has 1 heterocycles. The van der Waals surface area contributed by atoms with Crippen LogP contribution in [0.4, 0.5) is 18.9 Å². The fourth-order valence-electron chi connectivity index (χ4n) is 4.93. The molecule has 0 spiro atoms. The minimum absolute atomic E-state index is 0.0603. The number of amides is 1. The summed E-state index contributed by atoms with van der Waals surface area (Å²) in [4.78, 5) is 11.6. The van der Waals surface area contributed by atoms with Gasteiger partial charge in [0.25, 0.3) is 0 Å². The second-order valence-corrected chi connectivity index (χ2v) is 24.8. The molecule has 1 fully saturated rings. The molecule has 0 aliphatic carbocycles. The molecule has 1 saturated heterocycles. The van der Waals surface area contributed by atoms with Gasteiger partial charge < -0.3 is 18.9 Å². The van der Waals surface area contributed by atoms with E-state index in [4.69, 9.17) is 13.6 Å². The van der Waals surface area contributed by atoms with Crippen LogP contribution in [0.5, 0.6) is 0 Å². The Morgan fingerprint density at radius 1 is 0.867 bits per heavy atom. The summed E-state index contributed by atoms with van der Waals surface area (Å²) in [5.41, 5.74) is 2.37. The van der Waals surface area contributed by atoms with Crippen LogP contribution in [0.15, 0.2) is 60.7 Å². The lowest BCUT2D eigenvalue weighted by molar-refractivity contribution is -0.167. The molecule has 3 aromatic rings. The first-order chi connectivity index (χ1) is 20.6. The lowest BCUT2D eigenvalue weighted by Gasteiger charge is -2.40. The number of fused-ring (bicyclic) bond motifs is 1. The van der Waals surface area contributed by atoms with E-state index in [2.05, 4.69) is 79.9 Å². The quantitative estimate of drug-likeness (QED) is 0.245. The Morgan fingerprint density at radius 2 is 1.47 bits per heavy atom. The Bertz CT molecular complexity index is 1530. The van der Waals surface area contributed by atoms with Gasteiger partial charge in [0.1, 0.15) is 6.10 Å². The van der Waals surface area contributed by atoms with Gasteiger partial charge in [-0.2, -0.15) is 13.2 Å². The monoisotopic (exact) mass is 659 g/mol. The number of halogens is 3. The number of carbonyl (C=O) groups is 1. The molecule has 45 heavy (non-hydrogen) atoms. The zero-order valence-electron chi connectivity index (χ0n) is 28.2. The van der Waals surface area contributed by atoms with Crippen molar-refractivity contribution in [1.82, 2.24) is 0 Å². The number of hydrogen-bond donors (Lipinski definition) is 1. The van der Waals surface area contributed by atoms with Crippen LogP contribution in [0.1, 0.15) is 59.6 Å². The van der Waals surface area contributed by atoms with Gasteiger partial charge in [-0.15, -0.1) is 0 Å². The van der Waals surface area contributed by atoms with Crippen LogP contribution in [0.25, 0.3) is 21.9 Å². The molecule has 3 atom stereocenters. The van der Waals surface area contributed by atoms with Gasteiger partial charge in [0, 0.05) is 17.7 Å². The van der Waals surface area contributed by atoms with Crippen LogP contribution in [0.2, 0.25) is 36.3 Å². The van der Waals surface area contributed by atoms with Crippen LogP contribution in [-0.2, 0) is 18.4 Å². The van der Waals surface area contributed by atoms with Gasteiger partial charge in [-0.25, -0.2) is 0 Å². The number of hydrogen-bond acceptors (Lipinski definition) is 4. The molecule has 1 amide bonds. The van der Waals surface area contributed by atoms with Crippen LogP contribution in [0, 0.1) is 0 Å². The molecule has 10 heteroatoms. The summed E-state index contributed by atoms with van der Waals surface area (Å²) in [5.74, 6) is -2.00. The van der Waals surface area contributed by atoms with Crippen LogP contribution < -0.4 is 5.32 Å². The molecular formula is C35H48F3NO4Si2. The van der Waals surface area contributed by atoms with Gasteiger partial charge in [-0.3, -0.25) is 4.79 Å². The highest BCUT2D eigenvalue weighted by molar-refractivity contribution is 6.74. The summed E-state index contributed by atoms with van der Waals surface area (Å²) in [6.07, 6.45) is -4.66. The van der Waals surface area contributed by atoms with Crippen LogP contribution >= 0.6 is 0 Å². The summed E-state index contributed by atoms with van der Waals surface area (Å²) in [5, 5.41) is 4.07. The molecule has 0 bridgehead atoms. The number of alkyl halides is 3. The Balaban J connectivity index is 1.60. The van der Waals surface area contributed by atoms with Crippen molar-refractivity contribution in [3.05, 3.63) is 66.2 Å². The lowest BCUT2D eigenvalue weighted by Crippen LogP contribution is -2.48. The molecule has 0 radical (unpaired) electrons. The molecule has 5 nitrogen and oxygen atoms in total. The number of anilines is 1. The lowest BCUT2D eigenvalue weighted by atomic mass is 9.97.